The maximum Gasteiger partial charge on any atom is 0.420 e. The molecule has 1 atom stereocenters. The molecule has 0 saturated heterocycles. The van der Waals surface area contributed by atoms with Crippen LogP contribution in [-0.4, -0.2) is 27.1 Å². The van der Waals surface area contributed by atoms with Gasteiger partial charge in [-0.05, 0) is 13.8 Å². The largest absolute Gasteiger partial charge is 0.420 e. The third kappa shape index (κ3) is 2.17. The lowest BCUT2D eigenvalue weighted by Gasteiger charge is -2.34. The van der Waals surface area contributed by atoms with Crippen molar-refractivity contribution in [1.82, 2.24) is 9.97 Å². The molecule has 1 amide bonds. The number of carbonyl (C=O) groups is 1. The van der Waals surface area contributed by atoms with Gasteiger partial charge in [-0.25, -0.2) is 14.8 Å². The fourth-order valence-corrected chi connectivity index (χ4v) is 1.80. The van der Waals surface area contributed by atoms with Gasteiger partial charge >= 0.3 is 6.09 Å². The molecule has 0 aliphatic carbocycles. The number of amides is 1. The Kier molecular flexibility index (Phi) is 3.24. The monoisotopic (exact) mass is 264 g/mol. The topological polar surface area (TPSA) is 67.3 Å². The van der Waals surface area contributed by atoms with Gasteiger partial charge in [0.05, 0.1) is 18.0 Å². The molecule has 0 aromatic carbocycles. The van der Waals surface area contributed by atoms with Gasteiger partial charge in [0.15, 0.2) is 5.82 Å². The van der Waals surface area contributed by atoms with Crippen molar-refractivity contribution in [2.24, 2.45) is 0 Å². The minimum Gasteiger partial charge on any atom is -0.415 e. The first kappa shape index (κ1) is 12.4. The molecule has 0 radical (unpaired) electrons. The average Bonchev–Trinajstić information content (AvgIpc) is 2.29. The molecule has 0 fully saturated rings. The first-order valence-corrected chi connectivity index (χ1v) is 5.69. The van der Waals surface area contributed by atoms with Gasteiger partial charge in [0.1, 0.15) is 17.0 Å². The Hall–Kier alpha value is -2.02. The van der Waals surface area contributed by atoms with Crippen molar-refractivity contribution >= 4 is 34.8 Å². The maximum atomic E-state index is 12.0. The number of hydrogen-bond donors (Lipinski definition) is 1. The van der Waals surface area contributed by atoms with Gasteiger partial charge in [-0.2, -0.15) is 0 Å². The van der Waals surface area contributed by atoms with Crippen molar-refractivity contribution in [3.63, 3.8) is 0 Å². The molecule has 18 heavy (non-hydrogen) atoms. The summed E-state index contributed by atoms with van der Waals surface area (Å²) >= 11 is 5.17. The number of thiocarbonyl (C=S) groups is 1. The fourth-order valence-electron chi connectivity index (χ4n) is 1.60. The van der Waals surface area contributed by atoms with Gasteiger partial charge in [0.25, 0.3) is 0 Å². The maximum absolute atomic E-state index is 12.0. The average molecular weight is 264 g/mol. The number of nitrogens with zero attached hydrogens (tertiary/aromatic N) is 3. The van der Waals surface area contributed by atoms with E-state index < -0.39 is 6.09 Å². The smallest absolute Gasteiger partial charge is 0.415 e. The summed E-state index contributed by atoms with van der Waals surface area (Å²) in [6, 6.07) is -0.328. The van der Waals surface area contributed by atoms with Crippen LogP contribution in [0.5, 0.6) is 0 Å². The third-order valence-electron chi connectivity index (χ3n) is 2.42. The van der Waals surface area contributed by atoms with Crippen molar-refractivity contribution in [3.8, 4) is 0 Å². The Balaban J connectivity index is 2.41. The van der Waals surface area contributed by atoms with Gasteiger partial charge in [-0.15, -0.1) is 0 Å². The standard InChI is InChI=1S/C11H12N4O2S/c1-6(2)17-11(16)15-7(3)10(18)14-9-8(15)4-12-5-13-9/h4-5,7H,1H2,2-3H3,(H,12,13,14,18). The number of anilines is 2. The van der Waals surface area contributed by atoms with Crippen molar-refractivity contribution in [2.75, 3.05) is 10.2 Å². The lowest BCUT2D eigenvalue weighted by Crippen LogP contribution is -2.49. The SMILES string of the molecule is C=C(C)OC(=O)N1c2cncnc2NC(=S)C1C. The van der Waals surface area contributed by atoms with Crippen LogP contribution in [0.3, 0.4) is 0 Å². The molecular weight excluding hydrogens is 252 g/mol. The van der Waals surface area contributed by atoms with Crippen LogP contribution in [0.2, 0.25) is 0 Å². The van der Waals surface area contributed by atoms with E-state index in [0.29, 0.717) is 22.3 Å². The summed E-state index contributed by atoms with van der Waals surface area (Å²) in [5, 5.41) is 2.96. The van der Waals surface area contributed by atoms with Crippen LogP contribution in [0.4, 0.5) is 16.3 Å². The molecule has 94 valence electrons. The van der Waals surface area contributed by atoms with E-state index in [-0.39, 0.29) is 6.04 Å². The third-order valence-corrected chi connectivity index (χ3v) is 2.86. The quantitative estimate of drug-likeness (QED) is 0.619. The fraction of sp³-hybridized carbons (Fsp3) is 0.273. The highest BCUT2D eigenvalue weighted by Gasteiger charge is 2.33. The van der Waals surface area contributed by atoms with Gasteiger partial charge in [-0.3, -0.25) is 4.90 Å². The molecule has 0 spiro atoms. The van der Waals surface area contributed by atoms with Gasteiger partial charge in [0.2, 0.25) is 0 Å². The normalized spacial score (nSPS) is 17.8. The van der Waals surface area contributed by atoms with Crippen molar-refractivity contribution < 1.29 is 9.53 Å². The Morgan fingerprint density at radius 3 is 3.06 bits per heavy atom. The Morgan fingerprint density at radius 1 is 1.67 bits per heavy atom. The second-order valence-electron chi connectivity index (χ2n) is 3.86. The van der Waals surface area contributed by atoms with Crippen LogP contribution in [0.1, 0.15) is 13.8 Å². The van der Waals surface area contributed by atoms with E-state index in [2.05, 4.69) is 21.9 Å². The van der Waals surface area contributed by atoms with Crippen LogP contribution in [0.25, 0.3) is 0 Å². The zero-order chi connectivity index (χ0) is 13.3. The van der Waals surface area contributed by atoms with E-state index in [4.69, 9.17) is 17.0 Å². The van der Waals surface area contributed by atoms with Crippen LogP contribution < -0.4 is 10.2 Å². The lowest BCUT2D eigenvalue weighted by molar-refractivity contribution is 0.183. The highest BCUT2D eigenvalue weighted by atomic mass is 32.1. The number of hydrogen-bond acceptors (Lipinski definition) is 5. The summed E-state index contributed by atoms with van der Waals surface area (Å²) in [6.45, 7) is 6.94. The van der Waals surface area contributed by atoms with Gasteiger partial charge < -0.3 is 10.1 Å². The van der Waals surface area contributed by atoms with Crippen LogP contribution in [-0.2, 0) is 4.74 Å². The first-order chi connectivity index (χ1) is 8.50. The van der Waals surface area contributed by atoms with Crippen LogP contribution >= 0.6 is 12.2 Å². The summed E-state index contributed by atoms with van der Waals surface area (Å²) in [5.74, 6) is 0.807. The number of carbonyl (C=O) groups excluding carboxylic acids is 1. The van der Waals surface area contributed by atoms with E-state index in [0.717, 1.165) is 0 Å². The van der Waals surface area contributed by atoms with Crippen molar-refractivity contribution in [2.45, 2.75) is 19.9 Å². The zero-order valence-corrected chi connectivity index (χ0v) is 10.8. The summed E-state index contributed by atoms with van der Waals surface area (Å²) in [4.78, 5) is 21.9. The van der Waals surface area contributed by atoms with E-state index >= 15 is 0 Å². The molecule has 1 aliphatic heterocycles. The lowest BCUT2D eigenvalue weighted by atomic mass is 10.2. The molecule has 1 aliphatic rings. The molecule has 2 heterocycles. The summed E-state index contributed by atoms with van der Waals surface area (Å²) in [7, 11) is 0. The Morgan fingerprint density at radius 2 is 2.39 bits per heavy atom. The van der Waals surface area contributed by atoms with E-state index in [1.807, 2.05) is 0 Å². The minimum atomic E-state index is -0.546. The Bertz CT molecular complexity index is 532. The molecule has 0 saturated carbocycles. The zero-order valence-electron chi connectivity index (χ0n) is 10.0. The number of rotatable bonds is 1. The summed E-state index contributed by atoms with van der Waals surface area (Å²) < 4.78 is 5.01. The van der Waals surface area contributed by atoms with E-state index in [9.17, 15) is 4.79 Å². The second kappa shape index (κ2) is 4.69. The number of nitrogens with one attached hydrogen (secondary N) is 1. The second-order valence-corrected chi connectivity index (χ2v) is 4.30. The molecule has 1 N–H and O–H groups in total. The molecule has 2 rings (SSSR count). The number of allylic oxidation sites excluding steroid dienone is 1. The molecule has 7 heteroatoms. The first-order valence-electron chi connectivity index (χ1n) is 5.28. The molecular formula is C11H12N4O2S. The van der Waals surface area contributed by atoms with E-state index in [1.165, 1.54) is 17.4 Å². The van der Waals surface area contributed by atoms with E-state index in [1.54, 1.807) is 13.8 Å². The molecule has 1 unspecified atom stereocenters. The molecule has 1 aromatic rings. The van der Waals surface area contributed by atoms with Crippen molar-refractivity contribution in [1.29, 1.82) is 0 Å². The molecule has 6 nitrogen and oxygen atoms in total. The molecule has 1 aromatic heterocycles. The van der Waals surface area contributed by atoms with Crippen LogP contribution in [0.15, 0.2) is 24.9 Å². The predicted octanol–water partition coefficient (Wildman–Crippen LogP) is 2.09. The Labute approximate surface area is 110 Å². The molecule has 0 bridgehead atoms. The minimum absolute atomic E-state index is 0.315. The number of ether oxygens (including phenoxy) is 1. The highest BCUT2D eigenvalue weighted by molar-refractivity contribution is 7.80. The van der Waals surface area contributed by atoms with Gasteiger partial charge in [0, 0.05) is 0 Å². The highest BCUT2D eigenvalue weighted by Crippen LogP contribution is 2.30. The number of aromatic nitrogens is 2. The van der Waals surface area contributed by atoms with Gasteiger partial charge in [-0.1, -0.05) is 18.8 Å². The van der Waals surface area contributed by atoms with Crippen molar-refractivity contribution in [3.05, 3.63) is 24.9 Å². The predicted molar refractivity (Wildman–Crippen MR) is 71.5 cm³/mol. The summed E-state index contributed by atoms with van der Waals surface area (Å²) in [5.41, 5.74) is 0.532. The summed E-state index contributed by atoms with van der Waals surface area (Å²) in [6.07, 6.45) is 2.37. The van der Waals surface area contributed by atoms with Crippen LogP contribution in [0, 0.1) is 0 Å². The number of fused-ring (bicyclic) bond motifs is 1.